The summed E-state index contributed by atoms with van der Waals surface area (Å²) in [5.41, 5.74) is 1.02. The Morgan fingerprint density at radius 3 is 1.74 bits per heavy atom. The van der Waals surface area contributed by atoms with E-state index in [2.05, 4.69) is 0 Å². The Balaban J connectivity index is 2.77. The van der Waals surface area contributed by atoms with Gasteiger partial charge in [-0.05, 0) is 64.3 Å². The van der Waals surface area contributed by atoms with Crippen LogP contribution in [0.2, 0.25) is 0 Å². The van der Waals surface area contributed by atoms with E-state index in [1.807, 2.05) is 39.8 Å². The summed E-state index contributed by atoms with van der Waals surface area (Å²) >= 11 is 0. The van der Waals surface area contributed by atoms with Gasteiger partial charge in [-0.15, -0.1) is 0 Å². The molecule has 0 fully saturated rings. The predicted octanol–water partition coefficient (Wildman–Crippen LogP) is 6.55. The van der Waals surface area contributed by atoms with Gasteiger partial charge in [0.25, 0.3) is 0 Å². The first kappa shape index (κ1) is 24.9. The lowest BCUT2D eigenvalue weighted by Crippen LogP contribution is -2.22. The van der Waals surface area contributed by atoms with Gasteiger partial charge >= 0.3 is 0 Å². The van der Waals surface area contributed by atoms with Crippen LogP contribution in [0.3, 0.4) is 0 Å². The number of benzene rings is 2. The van der Waals surface area contributed by atoms with E-state index in [9.17, 15) is 14.2 Å². The van der Waals surface area contributed by atoms with Crippen molar-refractivity contribution in [1.29, 1.82) is 0 Å². The number of hydrogen-bond donors (Lipinski definition) is 0. The summed E-state index contributed by atoms with van der Waals surface area (Å²) in [4.78, 5) is 27.7. The molecule has 2 atom stereocenters. The van der Waals surface area contributed by atoms with Crippen molar-refractivity contribution in [3.05, 3.63) is 58.1 Å². The van der Waals surface area contributed by atoms with Crippen LogP contribution in [-0.2, 0) is 4.57 Å². The summed E-state index contributed by atoms with van der Waals surface area (Å²) in [6.45, 7) is 13.4. The largest absolute Gasteiger partial charge is 0.493 e. The fraction of sp³-hybridized carbons (Fsp3) is 0.440. The molecule has 2 aromatic carbocycles. The topological polar surface area (TPSA) is 69.7 Å². The molecule has 0 amide bonds. The molecule has 0 aliphatic carbocycles. The Bertz CT molecular complexity index is 977. The average Bonchev–Trinajstić information content (AvgIpc) is 2.72. The van der Waals surface area contributed by atoms with Crippen LogP contribution in [0.5, 0.6) is 11.5 Å². The van der Waals surface area contributed by atoms with E-state index in [-0.39, 0.29) is 17.1 Å². The zero-order chi connectivity index (χ0) is 23.3. The van der Waals surface area contributed by atoms with Gasteiger partial charge in [-0.2, -0.15) is 0 Å². The lowest BCUT2D eigenvalue weighted by atomic mass is 10.0. The standard InChI is InChI=1S/C25H33O5P/c1-8-19(7)31(28,24(26)22-17(5)14-16(4)15-18(22)6)25(27)23-20(29-9-2)12-11-13-21(23)30-10-3/h11-15,19H,8-10H2,1-7H3. The normalized spacial score (nSPS) is 13.9. The maximum Gasteiger partial charge on any atom is 0.236 e. The van der Waals surface area contributed by atoms with E-state index in [1.54, 1.807) is 39.0 Å². The molecule has 2 unspecified atom stereocenters. The van der Waals surface area contributed by atoms with Crippen LogP contribution in [0, 0.1) is 20.8 Å². The third kappa shape index (κ3) is 4.77. The van der Waals surface area contributed by atoms with Crippen molar-refractivity contribution in [2.45, 2.75) is 60.5 Å². The molecule has 0 radical (unpaired) electrons. The number of rotatable bonds is 10. The van der Waals surface area contributed by atoms with E-state index in [1.165, 1.54) is 0 Å². The monoisotopic (exact) mass is 444 g/mol. The molecule has 0 aromatic heterocycles. The molecule has 0 saturated carbocycles. The van der Waals surface area contributed by atoms with Crippen LogP contribution in [0.25, 0.3) is 0 Å². The first-order valence-corrected chi connectivity index (χ1v) is 12.6. The van der Waals surface area contributed by atoms with Crippen LogP contribution in [0.4, 0.5) is 0 Å². The van der Waals surface area contributed by atoms with E-state index in [0.717, 1.165) is 16.7 Å². The first-order valence-electron chi connectivity index (χ1n) is 10.8. The highest BCUT2D eigenvalue weighted by molar-refractivity contribution is 7.96. The van der Waals surface area contributed by atoms with Crippen LogP contribution < -0.4 is 9.47 Å². The van der Waals surface area contributed by atoms with Gasteiger partial charge in [-0.25, -0.2) is 0 Å². The molecule has 0 bridgehead atoms. The van der Waals surface area contributed by atoms with Crippen molar-refractivity contribution in [2.24, 2.45) is 0 Å². The number of aryl methyl sites for hydroxylation is 3. The summed E-state index contributed by atoms with van der Waals surface area (Å²) in [6.07, 6.45) is 0.430. The third-order valence-electron chi connectivity index (χ3n) is 5.51. The van der Waals surface area contributed by atoms with Gasteiger partial charge in [-0.3, -0.25) is 9.59 Å². The molecule has 31 heavy (non-hydrogen) atoms. The van der Waals surface area contributed by atoms with Crippen LogP contribution in [0.15, 0.2) is 30.3 Å². The van der Waals surface area contributed by atoms with Gasteiger partial charge < -0.3 is 14.0 Å². The second-order valence-corrected chi connectivity index (χ2v) is 10.8. The molecular weight excluding hydrogens is 411 g/mol. The van der Waals surface area contributed by atoms with Crippen molar-refractivity contribution >= 4 is 18.2 Å². The fourth-order valence-electron chi connectivity index (χ4n) is 3.87. The summed E-state index contributed by atoms with van der Waals surface area (Å²) in [7, 11) is -4.04. The summed E-state index contributed by atoms with van der Waals surface area (Å²) in [5.74, 6) is 0.569. The van der Waals surface area contributed by atoms with E-state index in [0.29, 0.717) is 25.2 Å². The van der Waals surface area contributed by atoms with E-state index >= 15 is 0 Å². The molecule has 0 saturated heterocycles. The van der Waals surface area contributed by atoms with Crippen LogP contribution in [-0.4, -0.2) is 29.9 Å². The summed E-state index contributed by atoms with van der Waals surface area (Å²) in [6, 6.07) is 8.77. The molecule has 0 heterocycles. The predicted molar refractivity (Wildman–Crippen MR) is 125 cm³/mol. The zero-order valence-electron chi connectivity index (χ0n) is 19.6. The lowest BCUT2D eigenvalue weighted by molar-refractivity contribution is 0.103. The number of hydrogen-bond acceptors (Lipinski definition) is 5. The molecule has 6 heteroatoms. The van der Waals surface area contributed by atoms with Crippen molar-refractivity contribution in [3.63, 3.8) is 0 Å². The van der Waals surface area contributed by atoms with E-state index < -0.39 is 23.8 Å². The Hall–Kier alpha value is -2.39. The number of carbonyl (C=O) groups excluding carboxylic acids is 2. The van der Waals surface area contributed by atoms with Gasteiger partial charge in [0, 0.05) is 11.2 Å². The maximum absolute atomic E-state index is 14.4. The Labute approximate surface area is 185 Å². The van der Waals surface area contributed by atoms with Crippen LogP contribution in [0.1, 0.15) is 71.5 Å². The minimum Gasteiger partial charge on any atom is -0.493 e. The van der Waals surface area contributed by atoms with Gasteiger partial charge in [-0.1, -0.05) is 37.6 Å². The van der Waals surface area contributed by atoms with E-state index in [4.69, 9.17) is 9.47 Å². The molecular formula is C25H33O5P. The molecule has 0 N–H and O–H groups in total. The second kappa shape index (κ2) is 10.3. The Morgan fingerprint density at radius 2 is 1.32 bits per heavy atom. The molecule has 168 valence electrons. The fourth-order valence-corrected chi connectivity index (χ4v) is 6.61. The molecule has 2 aromatic rings. The van der Waals surface area contributed by atoms with Gasteiger partial charge in [0.15, 0.2) is 0 Å². The summed E-state index contributed by atoms with van der Waals surface area (Å²) in [5, 5.41) is 0. The van der Waals surface area contributed by atoms with Gasteiger partial charge in [0.2, 0.25) is 18.2 Å². The maximum atomic E-state index is 14.4. The zero-order valence-corrected chi connectivity index (χ0v) is 20.5. The van der Waals surface area contributed by atoms with Crippen molar-refractivity contribution in [1.82, 2.24) is 0 Å². The highest BCUT2D eigenvalue weighted by Crippen LogP contribution is 2.59. The highest BCUT2D eigenvalue weighted by Gasteiger charge is 2.47. The molecule has 0 spiro atoms. The average molecular weight is 445 g/mol. The number of ether oxygens (including phenoxy) is 2. The third-order valence-corrected chi connectivity index (χ3v) is 8.77. The van der Waals surface area contributed by atoms with Gasteiger partial charge in [0.1, 0.15) is 17.1 Å². The molecule has 2 rings (SSSR count). The molecule has 0 aliphatic heterocycles. The minimum absolute atomic E-state index is 0.0885. The lowest BCUT2D eigenvalue weighted by Gasteiger charge is -2.25. The summed E-state index contributed by atoms with van der Waals surface area (Å²) < 4.78 is 25.8. The van der Waals surface area contributed by atoms with Crippen LogP contribution >= 0.6 is 7.14 Å². The quantitative estimate of drug-likeness (QED) is 0.389. The van der Waals surface area contributed by atoms with Gasteiger partial charge in [0.05, 0.1) is 13.2 Å². The molecule has 5 nitrogen and oxygen atoms in total. The highest BCUT2D eigenvalue weighted by atomic mass is 31.2. The van der Waals surface area contributed by atoms with Crippen molar-refractivity contribution < 1.29 is 23.6 Å². The van der Waals surface area contributed by atoms with Crippen molar-refractivity contribution in [3.8, 4) is 11.5 Å². The Morgan fingerprint density at radius 1 is 0.871 bits per heavy atom. The smallest absolute Gasteiger partial charge is 0.236 e. The number of carbonyl (C=O) groups is 2. The Kier molecular flexibility index (Phi) is 8.25. The first-order chi connectivity index (χ1) is 14.6. The minimum atomic E-state index is -4.04. The van der Waals surface area contributed by atoms with Crippen molar-refractivity contribution in [2.75, 3.05) is 13.2 Å². The SMILES string of the molecule is CCOc1cccc(OCC)c1C(=O)P(=O)(C(=O)c1c(C)cc(C)cc1C)C(C)CC. The second-order valence-electron chi connectivity index (χ2n) is 7.79. The molecule has 0 aliphatic rings.